The zero-order chi connectivity index (χ0) is 18.7. The van der Waals surface area contributed by atoms with E-state index in [9.17, 15) is 9.59 Å². The number of rotatable bonds is 5. The van der Waals surface area contributed by atoms with Crippen molar-refractivity contribution in [3.05, 3.63) is 75.7 Å². The standard InChI is InChI=1S/C21H23N3O2/c1-4-14(2)22-20(25)17-11-9-16(10-12-17)13-24-19-8-6-5-7-18(19)23-15(3)21(24)26/h5-12,14H,4,13H2,1-3H3,(H,22,25)/t14-/m1/s1. The molecule has 0 bridgehead atoms. The Bertz CT molecular complexity index is 990. The number of nitrogens with one attached hydrogen (secondary N) is 1. The lowest BCUT2D eigenvalue weighted by atomic mass is 10.1. The van der Waals surface area contributed by atoms with Crippen molar-refractivity contribution in [3.63, 3.8) is 0 Å². The topological polar surface area (TPSA) is 64.0 Å². The molecule has 0 saturated heterocycles. The molecule has 1 N–H and O–H groups in total. The zero-order valence-electron chi connectivity index (χ0n) is 15.3. The fourth-order valence-corrected chi connectivity index (χ4v) is 2.83. The molecule has 134 valence electrons. The van der Waals surface area contributed by atoms with Crippen molar-refractivity contribution < 1.29 is 4.79 Å². The summed E-state index contributed by atoms with van der Waals surface area (Å²) in [4.78, 5) is 29.1. The Morgan fingerprint density at radius 3 is 2.54 bits per heavy atom. The molecule has 1 atom stereocenters. The minimum atomic E-state index is -0.0951. The van der Waals surface area contributed by atoms with E-state index in [-0.39, 0.29) is 17.5 Å². The molecule has 0 fully saturated rings. The SMILES string of the molecule is CC[C@@H](C)NC(=O)c1ccc(Cn2c(=O)c(C)nc3ccccc32)cc1. The first-order valence-electron chi connectivity index (χ1n) is 8.85. The van der Waals surface area contributed by atoms with Crippen LogP contribution in [-0.2, 0) is 6.54 Å². The fraction of sp³-hybridized carbons (Fsp3) is 0.286. The first kappa shape index (κ1) is 17.9. The van der Waals surface area contributed by atoms with Crippen LogP contribution in [0, 0.1) is 6.92 Å². The van der Waals surface area contributed by atoms with Crippen molar-refractivity contribution in [1.82, 2.24) is 14.9 Å². The fourth-order valence-electron chi connectivity index (χ4n) is 2.83. The minimum absolute atomic E-state index is 0.0757. The predicted octanol–water partition coefficient (Wildman–Crippen LogP) is 3.28. The molecule has 3 aromatic rings. The number of nitrogens with zero attached hydrogens (tertiary/aromatic N) is 2. The summed E-state index contributed by atoms with van der Waals surface area (Å²) in [6, 6.07) is 15.1. The van der Waals surface area contributed by atoms with E-state index in [1.807, 2.05) is 50.2 Å². The van der Waals surface area contributed by atoms with Gasteiger partial charge >= 0.3 is 0 Å². The molecule has 1 aromatic heterocycles. The van der Waals surface area contributed by atoms with Crippen LogP contribution in [0.25, 0.3) is 11.0 Å². The Kier molecular flexibility index (Phi) is 5.16. The van der Waals surface area contributed by atoms with Gasteiger partial charge in [0.15, 0.2) is 0 Å². The van der Waals surface area contributed by atoms with Gasteiger partial charge in [-0.15, -0.1) is 0 Å². The number of para-hydroxylation sites is 2. The average Bonchev–Trinajstić information content (AvgIpc) is 2.65. The molecule has 0 saturated carbocycles. The third-order valence-corrected chi connectivity index (χ3v) is 4.56. The zero-order valence-corrected chi connectivity index (χ0v) is 15.3. The van der Waals surface area contributed by atoms with Crippen molar-refractivity contribution in [2.75, 3.05) is 0 Å². The Morgan fingerprint density at radius 1 is 1.15 bits per heavy atom. The highest BCUT2D eigenvalue weighted by molar-refractivity contribution is 5.94. The smallest absolute Gasteiger partial charge is 0.272 e. The molecular weight excluding hydrogens is 326 g/mol. The number of amides is 1. The van der Waals surface area contributed by atoms with Crippen molar-refractivity contribution in [3.8, 4) is 0 Å². The summed E-state index contributed by atoms with van der Waals surface area (Å²) in [5, 5.41) is 2.95. The second-order valence-electron chi connectivity index (χ2n) is 6.56. The molecule has 0 aliphatic heterocycles. The maximum absolute atomic E-state index is 12.6. The summed E-state index contributed by atoms with van der Waals surface area (Å²) in [6.45, 7) is 6.19. The monoisotopic (exact) mass is 349 g/mol. The molecule has 3 rings (SSSR count). The lowest BCUT2D eigenvalue weighted by Crippen LogP contribution is -2.31. The van der Waals surface area contributed by atoms with Crippen LogP contribution in [0.2, 0.25) is 0 Å². The van der Waals surface area contributed by atoms with Gasteiger partial charge in [-0.1, -0.05) is 31.2 Å². The highest BCUT2D eigenvalue weighted by atomic mass is 16.1. The van der Waals surface area contributed by atoms with Gasteiger partial charge in [-0.2, -0.15) is 0 Å². The number of benzene rings is 2. The molecule has 0 unspecified atom stereocenters. The van der Waals surface area contributed by atoms with Crippen molar-refractivity contribution in [2.45, 2.75) is 39.8 Å². The first-order valence-corrected chi connectivity index (χ1v) is 8.85. The molecule has 0 aliphatic rings. The number of hydrogen-bond acceptors (Lipinski definition) is 3. The molecule has 26 heavy (non-hydrogen) atoms. The van der Waals surface area contributed by atoms with Crippen molar-refractivity contribution >= 4 is 16.9 Å². The van der Waals surface area contributed by atoms with Crippen LogP contribution in [0.3, 0.4) is 0 Å². The van der Waals surface area contributed by atoms with Crippen LogP contribution < -0.4 is 10.9 Å². The molecule has 0 aliphatic carbocycles. The molecule has 1 amide bonds. The molecular formula is C21H23N3O2. The summed E-state index contributed by atoms with van der Waals surface area (Å²) in [5.74, 6) is -0.0757. The van der Waals surface area contributed by atoms with Crippen LogP contribution in [-0.4, -0.2) is 21.5 Å². The minimum Gasteiger partial charge on any atom is -0.350 e. The van der Waals surface area contributed by atoms with Gasteiger partial charge in [0, 0.05) is 11.6 Å². The Balaban J connectivity index is 1.89. The van der Waals surface area contributed by atoms with Crippen LogP contribution >= 0.6 is 0 Å². The maximum atomic E-state index is 12.6. The summed E-state index contributed by atoms with van der Waals surface area (Å²) >= 11 is 0. The Morgan fingerprint density at radius 2 is 1.85 bits per heavy atom. The molecule has 0 spiro atoms. The molecule has 0 radical (unpaired) electrons. The summed E-state index contributed by atoms with van der Waals surface area (Å²) in [5.41, 5.74) is 3.58. The van der Waals surface area contributed by atoms with Gasteiger partial charge in [-0.25, -0.2) is 4.98 Å². The number of hydrogen-bond donors (Lipinski definition) is 1. The number of aryl methyl sites for hydroxylation is 1. The molecule has 5 heteroatoms. The lowest BCUT2D eigenvalue weighted by Gasteiger charge is -2.13. The highest BCUT2D eigenvalue weighted by Crippen LogP contribution is 2.13. The van der Waals surface area contributed by atoms with Gasteiger partial charge in [-0.3, -0.25) is 9.59 Å². The second kappa shape index (κ2) is 7.52. The number of carbonyl (C=O) groups is 1. The normalized spacial score (nSPS) is 12.1. The van der Waals surface area contributed by atoms with Crippen LogP contribution in [0.15, 0.2) is 53.3 Å². The van der Waals surface area contributed by atoms with E-state index in [2.05, 4.69) is 10.3 Å². The second-order valence-corrected chi connectivity index (χ2v) is 6.56. The molecule has 2 aromatic carbocycles. The number of fused-ring (bicyclic) bond motifs is 1. The van der Waals surface area contributed by atoms with Gasteiger partial charge in [0.05, 0.1) is 17.6 Å². The van der Waals surface area contributed by atoms with Crippen LogP contribution in [0.5, 0.6) is 0 Å². The van der Waals surface area contributed by atoms with Gasteiger partial charge in [-0.05, 0) is 50.1 Å². The molecule has 5 nitrogen and oxygen atoms in total. The predicted molar refractivity (Wildman–Crippen MR) is 104 cm³/mol. The average molecular weight is 349 g/mol. The van der Waals surface area contributed by atoms with E-state index < -0.39 is 0 Å². The Labute approximate surface area is 152 Å². The van der Waals surface area contributed by atoms with Crippen LogP contribution in [0.1, 0.15) is 41.9 Å². The van der Waals surface area contributed by atoms with Gasteiger partial charge in [0.2, 0.25) is 0 Å². The van der Waals surface area contributed by atoms with E-state index in [1.165, 1.54) is 0 Å². The van der Waals surface area contributed by atoms with E-state index in [0.717, 1.165) is 23.0 Å². The quantitative estimate of drug-likeness (QED) is 0.769. The van der Waals surface area contributed by atoms with Crippen LogP contribution in [0.4, 0.5) is 0 Å². The third-order valence-electron chi connectivity index (χ3n) is 4.56. The third kappa shape index (κ3) is 3.67. The lowest BCUT2D eigenvalue weighted by molar-refractivity contribution is 0.0939. The van der Waals surface area contributed by atoms with Gasteiger partial charge < -0.3 is 9.88 Å². The van der Waals surface area contributed by atoms with Gasteiger partial charge in [0.25, 0.3) is 11.5 Å². The number of carbonyl (C=O) groups excluding carboxylic acids is 1. The van der Waals surface area contributed by atoms with E-state index in [1.54, 1.807) is 23.6 Å². The largest absolute Gasteiger partial charge is 0.350 e. The number of aromatic nitrogens is 2. The van der Waals surface area contributed by atoms with E-state index in [0.29, 0.717) is 17.8 Å². The summed E-state index contributed by atoms with van der Waals surface area (Å²) < 4.78 is 1.73. The summed E-state index contributed by atoms with van der Waals surface area (Å²) in [7, 11) is 0. The van der Waals surface area contributed by atoms with Crippen molar-refractivity contribution in [2.24, 2.45) is 0 Å². The maximum Gasteiger partial charge on any atom is 0.272 e. The Hall–Kier alpha value is -2.95. The van der Waals surface area contributed by atoms with Crippen molar-refractivity contribution in [1.29, 1.82) is 0 Å². The van der Waals surface area contributed by atoms with E-state index >= 15 is 0 Å². The van der Waals surface area contributed by atoms with Gasteiger partial charge in [0.1, 0.15) is 5.69 Å². The molecule has 1 heterocycles. The van der Waals surface area contributed by atoms with E-state index in [4.69, 9.17) is 0 Å². The first-order chi connectivity index (χ1) is 12.5. The summed E-state index contributed by atoms with van der Waals surface area (Å²) in [6.07, 6.45) is 0.890. The highest BCUT2D eigenvalue weighted by Gasteiger charge is 2.10.